The van der Waals surface area contributed by atoms with Gasteiger partial charge in [0, 0.05) is 10.8 Å². The Labute approximate surface area is 135 Å². The molecule has 0 aliphatic rings. The third-order valence-corrected chi connectivity index (χ3v) is 4.39. The Morgan fingerprint density at radius 3 is 3.00 bits per heavy atom. The van der Waals surface area contributed by atoms with Gasteiger partial charge in [0.2, 0.25) is 0 Å². The van der Waals surface area contributed by atoms with Gasteiger partial charge in [-0.3, -0.25) is 0 Å². The number of thioether (sulfide) groups is 1. The number of hydrogen-bond acceptors (Lipinski definition) is 6. The highest BCUT2D eigenvalue weighted by Gasteiger charge is 2.09. The molecule has 1 aromatic carbocycles. The third kappa shape index (κ3) is 4.00. The second-order valence-corrected chi connectivity index (χ2v) is 6.44. The molecule has 2 heterocycles. The van der Waals surface area contributed by atoms with Crippen LogP contribution in [-0.4, -0.2) is 22.6 Å². The molecular weight excluding hydrogens is 328 g/mol. The number of benzene rings is 1. The van der Waals surface area contributed by atoms with E-state index < -0.39 is 0 Å². The van der Waals surface area contributed by atoms with Gasteiger partial charge in [0.05, 0.1) is 11.5 Å². The fourth-order valence-corrected chi connectivity index (χ4v) is 3.02. The highest BCUT2D eigenvalue weighted by molar-refractivity contribution is 7.99. The van der Waals surface area contributed by atoms with Crippen molar-refractivity contribution in [3.8, 4) is 16.5 Å². The second kappa shape index (κ2) is 6.98. The average molecular weight is 339 g/mol. The summed E-state index contributed by atoms with van der Waals surface area (Å²) in [6.45, 7) is 0.543. The molecule has 0 unspecified atom stereocenters. The van der Waals surface area contributed by atoms with Gasteiger partial charge in [-0.05, 0) is 29.6 Å². The summed E-state index contributed by atoms with van der Waals surface area (Å²) < 4.78 is 11.2. The number of hydrogen-bond donors (Lipinski definition) is 0. The molecule has 0 spiro atoms. The van der Waals surface area contributed by atoms with Crippen molar-refractivity contribution < 1.29 is 9.15 Å². The summed E-state index contributed by atoms with van der Waals surface area (Å²) in [5, 5.41) is 11.2. The lowest BCUT2D eigenvalue weighted by Gasteiger charge is -2.04. The van der Waals surface area contributed by atoms with Crippen molar-refractivity contribution in [3.63, 3.8) is 0 Å². The van der Waals surface area contributed by atoms with Gasteiger partial charge < -0.3 is 9.15 Å². The number of rotatable bonds is 6. The van der Waals surface area contributed by atoms with Crippen LogP contribution in [0.1, 0.15) is 0 Å². The van der Waals surface area contributed by atoms with Gasteiger partial charge in [-0.1, -0.05) is 35.5 Å². The van der Waals surface area contributed by atoms with Crippen molar-refractivity contribution in [2.45, 2.75) is 5.22 Å². The summed E-state index contributed by atoms with van der Waals surface area (Å²) >= 11 is 8.93. The predicted molar refractivity (Wildman–Crippen MR) is 85.3 cm³/mol. The smallest absolute Gasteiger partial charge is 0.277 e. The van der Waals surface area contributed by atoms with Crippen LogP contribution >= 0.6 is 34.7 Å². The molecule has 7 heteroatoms. The molecule has 0 radical (unpaired) electrons. The molecule has 0 aliphatic heterocycles. The zero-order chi connectivity index (χ0) is 14.5. The van der Waals surface area contributed by atoms with E-state index in [1.807, 2.05) is 35.7 Å². The molecule has 0 fully saturated rings. The number of aromatic nitrogens is 2. The normalized spacial score (nSPS) is 10.7. The minimum atomic E-state index is 0.543. The Bertz CT molecular complexity index is 701. The average Bonchev–Trinajstić information content (AvgIpc) is 3.14. The van der Waals surface area contributed by atoms with E-state index in [0.717, 1.165) is 16.4 Å². The third-order valence-electron chi connectivity index (χ3n) is 2.51. The Balaban J connectivity index is 1.48. The zero-order valence-electron chi connectivity index (χ0n) is 10.9. The fourth-order valence-electron chi connectivity index (χ4n) is 1.61. The van der Waals surface area contributed by atoms with Gasteiger partial charge >= 0.3 is 0 Å². The Hall–Kier alpha value is -1.50. The van der Waals surface area contributed by atoms with E-state index in [9.17, 15) is 0 Å². The van der Waals surface area contributed by atoms with Crippen molar-refractivity contribution in [1.29, 1.82) is 0 Å². The lowest BCUT2D eigenvalue weighted by atomic mass is 10.3. The molecule has 0 amide bonds. The van der Waals surface area contributed by atoms with Crippen LogP contribution in [0, 0.1) is 0 Å². The topological polar surface area (TPSA) is 48.2 Å². The fraction of sp³-hybridized carbons (Fsp3) is 0.143. The van der Waals surface area contributed by atoms with Crippen molar-refractivity contribution >= 4 is 34.7 Å². The van der Waals surface area contributed by atoms with Crippen molar-refractivity contribution in [2.24, 2.45) is 0 Å². The standard InChI is InChI=1S/C14H11ClN2O2S2/c15-10-3-1-4-11(9-10)18-6-8-21-14-17-16-13(19-14)12-5-2-7-20-12/h1-5,7,9H,6,8H2. The number of nitrogens with zero attached hydrogens (tertiary/aromatic N) is 2. The van der Waals surface area contributed by atoms with Gasteiger partial charge in [-0.2, -0.15) is 0 Å². The minimum absolute atomic E-state index is 0.543. The van der Waals surface area contributed by atoms with Crippen LogP contribution in [0.3, 0.4) is 0 Å². The molecular formula is C14H11ClN2O2S2. The highest BCUT2D eigenvalue weighted by Crippen LogP contribution is 2.26. The van der Waals surface area contributed by atoms with E-state index in [-0.39, 0.29) is 0 Å². The molecule has 2 aromatic heterocycles. The summed E-state index contributed by atoms with van der Waals surface area (Å²) in [7, 11) is 0. The van der Waals surface area contributed by atoms with Gasteiger partial charge in [0.1, 0.15) is 5.75 Å². The van der Waals surface area contributed by atoms with Crippen molar-refractivity contribution in [3.05, 3.63) is 46.8 Å². The van der Waals surface area contributed by atoms with Crippen LogP contribution in [-0.2, 0) is 0 Å². The Kier molecular flexibility index (Phi) is 4.80. The van der Waals surface area contributed by atoms with E-state index in [1.165, 1.54) is 11.8 Å². The summed E-state index contributed by atoms with van der Waals surface area (Å²) in [5.74, 6) is 2.04. The number of halogens is 1. The van der Waals surface area contributed by atoms with Crippen LogP contribution in [0.4, 0.5) is 0 Å². The predicted octanol–water partition coefficient (Wildman–Crippen LogP) is 4.62. The van der Waals surface area contributed by atoms with Crippen LogP contribution in [0.15, 0.2) is 51.4 Å². The molecule has 108 valence electrons. The van der Waals surface area contributed by atoms with Gasteiger partial charge in [-0.15, -0.1) is 21.5 Å². The van der Waals surface area contributed by atoms with Crippen molar-refractivity contribution in [2.75, 3.05) is 12.4 Å². The van der Waals surface area contributed by atoms with Crippen LogP contribution < -0.4 is 4.74 Å². The molecule has 0 aliphatic carbocycles. The van der Waals surface area contributed by atoms with Crippen molar-refractivity contribution in [1.82, 2.24) is 10.2 Å². The van der Waals surface area contributed by atoms with Gasteiger partial charge in [-0.25, -0.2) is 0 Å². The molecule has 21 heavy (non-hydrogen) atoms. The lowest BCUT2D eigenvalue weighted by molar-refractivity contribution is 0.343. The molecule has 0 saturated carbocycles. The molecule has 0 saturated heterocycles. The largest absolute Gasteiger partial charge is 0.493 e. The Morgan fingerprint density at radius 1 is 1.24 bits per heavy atom. The quantitative estimate of drug-likeness (QED) is 0.484. The first-order valence-corrected chi connectivity index (χ1v) is 8.44. The van der Waals surface area contributed by atoms with Crippen LogP contribution in [0.2, 0.25) is 5.02 Å². The van der Waals surface area contributed by atoms with Gasteiger partial charge in [0.15, 0.2) is 0 Å². The maximum atomic E-state index is 5.89. The first-order chi connectivity index (χ1) is 10.3. The van der Waals surface area contributed by atoms with E-state index >= 15 is 0 Å². The maximum absolute atomic E-state index is 5.89. The summed E-state index contributed by atoms with van der Waals surface area (Å²) in [5.41, 5.74) is 0. The maximum Gasteiger partial charge on any atom is 0.277 e. The van der Waals surface area contributed by atoms with Crippen LogP contribution in [0.5, 0.6) is 5.75 Å². The van der Waals surface area contributed by atoms with E-state index in [1.54, 1.807) is 17.4 Å². The van der Waals surface area contributed by atoms with Crippen LogP contribution in [0.25, 0.3) is 10.8 Å². The summed E-state index contributed by atoms with van der Waals surface area (Å²) in [6, 6.07) is 11.2. The van der Waals surface area contributed by atoms with E-state index in [2.05, 4.69) is 10.2 Å². The molecule has 0 bridgehead atoms. The number of thiophene rings is 1. The monoisotopic (exact) mass is 338 g/mol. The summed E-state index contributed by atoms with van der Waals surface area (Å²) in [6.07, 6.45) is 0. The van der Waals surface area contributed by atoms with E-state index in [0.29, 0.717) is 22.7 Å². The minimum Gasteiger partial charge on any atom is -0.493 e. The highest BCUT2D eigenvalue weighted by atomic mass is 35.5. The molecule has 0 N–H and O–H groups in total. The van der Waals surface area contributed by atoms with Gasteiger partial charge in [0.25, 0.3) is 11.1 Å². The second-order valence-electron chi connectivity index (χ2n) is 4.00. The molecule has 3 aromatic rings. The molecule has 3 rings (SSSR count). The Morgan fingerprint density at radius 2 is 2.19 bits per heavy atom. The first kappa shape index (κ1) is 14.4. The zero-order valence-corrected chi connectivity index (χ0v) is 13.2. The van der Waals surface area contributed by atoms with E-state index in [4.69, 9.17) is 20.8 Å². The lowest BCUT2D eigenvalue weighted by Crippen LogP contribution is -1.99. The SMILES string of the molecule is Clc1cccc(OCCSc2nnc(-c3cccs3)o2)c1. The molecule has 4 nitrogen and oxygen atoms in total. The summed E-state index contributed by atoms with van der Waals surface area (Å²) in [4.78, 5) is 0.976. The molecule has 0 atom stereocenters. The number of ether oxygens (including phenoxy) is 1. The first-order valence-electron chi connectivity index (χ1n) is 6.20.